The Morgan fingerprint density at radius 1 is 1.48 bits per heavy atom. The number of nitrogens with zero attached hydrogens (tertiary/aromatic N) is 4. The fraction of sp³-hybridized carbons (Fsp3) is 0.417. The van der Waals surface area contributed by atoms with E-state index in [1.54, 1.807) is 16.9 Å². The maximum absolute atomic E-state index is 12.4. The predicted octanol–water partition coefficient (Wildman–Crippen LogP) is 1.92. The molecule has 2 rings (SSSR count). The number of carbonyl (C=O) groups excluding carboxylic acids is 1. The van der Waals surface area contributed by atoms with E-state index in [-0.39, 0.29) is 12.2 Å². The van der Waals surface area contributed by atoms with Gasteiger partial charge in [0.2, 0.25) is 0 Å². The standard InChI is InChI=1S/C12H14F3N5O/c1-3-20-5-4-8(18-20)7-19(2)11(21)9-6-10(17-16-9)12(13,14)15/h4-6H,3,7H2,1-2H3,(H,16,17). The zero-order valence-corrected chi connectivity index (χ0v) is 11.5. The van der Waals surface area contributed by atoms with Crippen LogP contribution in [0.5, 0.6) is 0 Å². The molecule has 114 valence electrons. The summed E-state index contributed by atoms with van der Waals surface area (Å²) < 4.78 is 39.0. The van der Waals surface area contributed by atoms with Crippen molar-refractivity contribution in [1.82, 2.24) is 24.9 Å². The Hall–Kier alpha value is -2.32. The molecule has 9 heteroatoms. The minimum atomic E-state index is -4.55. The van der Waals surface area contributed by atoms with E-state index in [1.165, 1.54) is 11.9 Å². The Bertz CT molecular complexity index is 631. The lowest BCUT2D eigenvalue weighted by atomic mass is 10.3. The van der Waals surface area contributed by atoms with Gasteiger partial charge in [0, 0.05) is 25.9 Å². The highest BCUT2D eigenvalue weighted by Crippen LogP contribution is 2.27. The van der Waals surface area contributed by atoms with Crippen LogP contribution in [0.1, 0.15) is 28.8 Å². The number of aromatic nitrogens is 4. The third-order valence-electron chi connectivity index (χ3n) is 2.87. The summed E-state index contributed by atoms with van der Waals surface area (Å²) in [6.45, 7) is 2.82. The molecule has 0 bridgehead atoms. The van der Waals surface area contributed by atoms with Crippen molar-refractivity contribution in [2.24, 2.45) is 0 Å². The van der Waals surface area contributed by atoms with Crippen LogP contribution < -0.4 is 0 Å². The third kappa shape index (κ3) is 3.41. The van der Waals surface area contributed by atoms with Gasteiger partial charge in [0.1, 0.15) is 5.69 Å². The van der Waals surface area contributed by atoms with Crippen molar-refractivity contribution >= 4 is 5.91 Å². The van der Waals surface area contributed by atoms with Crippen molar-refractivity contribution in [1.29, 1.82) is 0 Å². The van der Waals surface area contributed by atoms with Gasteiger partial charge < -0.3 is 4.90 Å². The maximum atomic E-state index is 12.4. The number of hydrogen-bond donors (Lipinski definition) is 1. The van der Waals surface area contributed by atoms with Gasteiger partial charge in [-0.05, 0) is 13.0 Å². The van der Waals surface area contributed by atoms with E-state index in [9.17, 15) is 18.0 Å². The van der Waals surface area contributed by atoms with Gasteiger partial charge in [-0.3, -0.25) is 14.6 Å². The van der Waals surface area contributed by atoms with Crippen molar-refractivity contribution in [3.8, 4) is 0 Å². The average molecular weight is 301 g/mol. The smallest absolute Gasteiger partial charge is 0.334 e. The second kappa shape index (κ2) is 5.58. The van der Waals surface area contributed by atoms with Crippen LogP contribution in [0.4, 0.5) is 13.2 Å². The maximum Gasteiger partial charge on any atom is 0.432 e. The first-order valence-electron chi connectivity index (χ1n) is 6.21. The zero-order valence-electron chi connectivity index (χ0n) is 11.5. The lowest BCUT2D eigenvalue weighted by molar-refractivity contribution is -0.141. The normalized spacial score (nSPS) is 11.7. The highest BCUT2D eigenvalue weighted by Gasteiger charge is 2.34. The molecule has 1 amide bonds. The van der Waals surface area contributed by atoms with Crippen LogP contribution in [0.25, 0.3) is 0 Å². The van der Waals surface area contributed by atoms with Crippen molar-refractivity contribution in [2.45, 2.75) is 26.2 Å². The number of hydrogen-bond acceptors (Lipinski definition) is 3. The molecule has 0 saturated carbocycles. The number of halogens is 3. The van der Waals surface area contributed by atoms with Gasteiger partial charge in [-0.1, -0.05) is 0 Å². The van der Waals surface area contributed by atoms with Gasteiger partial charge >= 0.3 is 6.18 Å². The molecule has 0 atom stereocenters. The summed E-state index contributed by atoms with van der Waals surface area (Å²) in [5.74, 6) is -0.604. The van der Waals surface area contributed by atoms with Crippen LogP contribution in [0.3, 0.4) is 0 Å². The van der Waals surface area contributed by atoms with Gasteiger partial charge in [-0.2, -0.15) is 23.4 Å². The predicted molar refractivity (Wildman–Crippen MR) is 67.3 cm³/mol. The van der Waals surface area contributed by atoms with Crippen molar-refractivity contribution in [3.05, 3.63) is 35.4 Å². The van der Waals surface area contributed by atoms with E-state index in [1.807, 2.05) is 12.0 Å². The van der Waals surface area contributed by atoms with Crippen molar-refractivity contribution < 1.29 is 18.0 Å². The molecule has 0 aliphatic heterocycles. The number of H-pyrrole nitrogens is 1. The molecule has 0 unspecified atom stereocenters. The molecular weight excluding hydrogens is 287 g/mol. The van der Waals surface area contributed by atoms with E-state index in [4.69, 9.17) is 0 Å². The summed E-state index contributed by atoms with van der Waals surface area (Å²) in [5.41, 5.74) is -0.673. The van der Waals surface area contributed by atoms with Gasteiger partial charge in [0.15, 0.2) is 5.69 Å². The lowest BCUT2D eigenvalue weighted by Crippen LogP contribution is -2.26. The van der Waals surface area contributed by atoms with Gasteiger partial charge in [0.25, 0.3) is 5.91 Å². The number of nitrogens with one attached hydrogen (secondary N) is 1. The monoisotopic (exact) mass is 301 g/mol. The van der Waals surface area contributed by atoms with Crippen LogP contribution in [-0.4, -0.2) is 37.8 Å². The number of rotatable bonds is 4. The number of alkyl halides is 3. The van der Waals surface area contributed by atoms with Gasteiger partial charge in [0.05, 0.1) is 12.2 Å². The Balaban J connectivity index is 2.06. The first-order valence-corrected chi connectivity index (χ1v) is 6.21. The summed E-state index contributed by atoms with van der Waals surface area (Å²) in [6, 6.07) is 2.45. The zero-order chi connectivity index (χ0) is 15.6. The second-order valence-corrected chi connectivity index (χ2v) is 4.49. The highest BCUT2D eigenvalue weighted by molar-refractivity contribution is 5.92. The average Bonchev–Trinajstić information content (AvgIpc) is 3.05. The molecule has 0 aromatic carbocycles. The molecule has 2 aromatic heterocycles. The first kappa shape index (κ1) is 15.1. The SMILES string of the molecule is CCn1ccc(CN(C)C(=O)c2cc(C(F)(F)F)[nH]n2)n1. The minimum Gasteiger partial charge on any atom is -0.334 e. The molecule has 6 nitrogen and oxygen atoms in total. The molecular formula is C12H14F3N5O. The highest BCUT2D eigenvalue weighted by atomic mass is 19.4. The van der Waals surface area contributed by atoms with Crippen LogP contribution in [-0.2, 0) is 19.3 Å². The summed E-state index contributed by atoms with van der Waals surface area (Å²) >= 11 is 0. The van der Waals surface area contributed by atoms with Crippen molar-refractivity contribution in [2.75, 3.05) is 7.05 Å². The van der Waals surface area contributed by atoms with Gasteiger partial charge in [-0.15, -0.1) is 0 Å². The quantitative estimate of drug-likeness (QED) is 0.938. The number of aromatic amines is 1. The van der Waals surface area contributed by atoms with Gasteiger partial charge in [-0.25, -0.2) is 0 Å². The van der Waals surface area contributed by atoms with Crippen molar-refractivity contribution in [3.63, 3.8) is 0 Å². The summed E-state index contributed by atoms with van der Waals surface area (Å²) in [4.78, 5) is 13.3. The molecule has 2 heterocycles. The fourth-order valence-corrected chi connectivity index (χ4v) is 1.75. The second-order valence-electron chi connectivity index (χ2n) is 4.49. The van der Waals surface area contributed by atoms with Crippen LogP contribution >= 0.6 is 0 Å². The van der Waals surface area contributed by atoms with Crippen LogP contribution in [0.2, 0.25) is 0 Å². The van der Waals surface area contributed by atoms with E-state index in [2.05, 4.69) is 10.2 Å². The van der Waals surface area contributed by atoms with E-state index >= 15 is 0 Å². The third-order valence-corrected chi connectivity index (χ3v) is 2.87. The van der Waals surface area contributed by atoms with E-state index in [0.29, 0.717) is 18.3 Å². The topological polar surface area (TPSA) is 66.8 Å². The number of aryl methyl sites for hydroxylation is 1. The fourth-order valence-electron chi connectivity index (χ4n) is 1.75. The molecule has 0 fully saturated rings. The largest absolute Gasteiger partial charge is 0.432 e. The molecule has 0 aliphatic carbocycles. The van der Waals surface area contributed by atoms with E-state index in [0.717, 1.165) is 0 Å². The Kier molecular flexibility index (Phi) is 4.01. The molecule has 21 heavy (non-hydrogen) atoms. The lowest BCUT2D eigenvalue weighted by Gasteiger charge is -2.13. The Morgan fingerprint density at radius 3 is 2.71 bits per heavy atom. The summed E-state index contributed by atoms with van der Waals surface area (Å²) in [5, 5.41) is 9.42. The molecule has 1 N–H and O–H groups in total. The van der Waals surface area contributed by atoms with Crippen LogP contribution in [0.15, 0.2) is 18.3 Å². The Morgan fingerprint density at radius 2 is 2.19 bits per heavy atom. The molecule has 2 aromatic rings. The van der Waals surface area contributed by atoms with E-state index < -0.39 is 17.8 Å². The summed E-state index contributed by atoms with van der Waals surface area (Å²) in [6.07, 6.45) is -2.78. The number of carbonyl (C=O) groups is 1. The first-order chi connectivity index (χ1) is 9.81. The minimum absolute atomic E-state index is 0.194. The van der Waals surface area contributed by atoms with Crippen LogP contribution in [0, 0.1) is 0 Å². The Labute approximate surface area is 118 Å². The summed E-state index contributed by atoms with van der Waals surface area (Å²) in [7, 11) is 1.48. The molecule has 0 radical (unpaired) electrons. The molecule has 0 saturated heterocycles. The molecule has 0 spiro atoms. The number of amides is 1. The molecule has 0 aliphatic rings.